The monoisotopic (exact) mass is 401 g/mol. The smallest absolute Gasteiger partial charge is 0.0973 e. The van der Waals surface area contributed by atoms with Crippen LogP contribution in [0.15, 0.2) is 24.4 Å². The molecule has 0 aliphatic heterocycles. The van der Waals surface area contributed by atoms with Gasteiger partial charge in [0.2, 0.25) is 0 Å². The van der Waals surface area contributed by atoms with Crippen molar-refractivity contribution in [3.05, 3.63) is 41.2 Å². The Morgan fingerprint density at radius 1 is 0.897 bits per heavy atom. The van der Waals surface area contributed by atoms with Gasteiger partial charge in [-0.1, -0.05) is 44.6 Å². The predicted octanol–water partition coefficient (Wildman–Crippen LogP) is 6.31. The minimum atomic E-state index is 0. The minimum absolute atomic E-state index is 0. The third kappa shape index (κ3) is 3.72. The average molecular weight is 401 g/mol. The molecule has 1 atom stereocenters. The predicted molar refractivity (Wildman–Crippen MR) is 129 cm³/mol. The van der Waals surface area contributed by atoms with Gasteiger partial charge in [-0.05, 0) is 73.0 Å². The van der Waals surface area contributed by atoms with Gasteiger partial charge in [-0.25, -0.2) is 0 Å². The molecular formula is C25H31BN2P. The van der Waals surface area contributed by atoms with Crippen LogP contribution < -0.4 is 5.30 Å². The first-order chi connectivity index (χ1) is 13.7. The summed E-state index contributed by atoms with van der Waals surface area (Å²) in [7, 11) is 3.06. The highest BCUT2D eigenvalue weighted by Crippen LogP contribution is 2.43. The van der Waals surface area contributed by atoms with E-state index in [1.807, 2.05) is 6.20 Å². The molecule has 2 aromatic heterocycles. The van der Waals surface area contributed by atoms with Crippen molar-refractivity contribution in [3.8, 4) is 0 Å². The molecule has 0 N–H and O–H groups in total. The summed E-state index contributed by atoms with van der Waals surface area (Å²) in [6.07, 6.45) is 15.5. The molecule has 5 rings (SSSR count). The van der Waals surface area contributed by atoms with Gasteiger partial charge in [0.05, 0.1) is 11.0 Å². The van der Waals surface area contributed by atoms with Gasteiger partial charge in [-0.3, -0.25) is 9.97 Å². The van der Waals surface area contributed by atoms with Crippen molar-refractivity contribution in [2.45, 2.75) is 83.0 Å². The molecule has 2 heterocycles. The molecule has 2 saturated carbocycles. The number of nitrogens with zero attached hydrogens (tertiary/aromatic N) is 2. The molecule has 0 spiro atoms. The second kappa shape index (κ2) is 8.72. The van der Waals surface area contributed by atoms with Crippen LogP contribution >= 0.6 is 9.24 Å². The van der Waals surface area contributed by atoms with Gasteiger partial charge in [0, 0.05) is 31.1 Å². The standard InChI is InChI=1S/C25H31N2P.B/c1-16-25(28)21(18-11-6-3-7-12-18)22-20(17-9-4-2-5-10-17)15-19-13-8-14-26-23(19)24(22)27-16;/h8,13-15,17-18H,2-7,9-12,28H2,1H3;. The van der Waals surface area contributed by atoms with Gasteiger partial charge in [0.1, 0.15) is 0 Å². The number of hydrogen-bond acceptors (Lipinski definition) is 2. The Bertz CT molecular complexity index is 1020. The fraction of sp³-hybridized carbons (Fsp3) is 0.520. The number of benzene rings is 1. The van der Waals surface area contributed by atoms with Crippen LogP contribution in [-0.4, -0.2) is 18.4 Å². The lowest BCUT2D eigenvalue weighted by molar-refractivity contribution is 0.440. The van der Waals surface area contributed by atoms with Crippen molar-refractivity contribution < 1.29 is 0 Å². The summed E-state index contributed by atoms with van der Waals surface area (Å²) >= 11 is 0. The van der Waals surface area contributed by atoms with E-state index < -0.39 is 0 Å². The van der Waals surface area contributed by atoms with Crippen molar-refractivity contribution in [3.63, 3.8) is 0 Å². The van der Waals surface area contributed by atoms with E-state index in [0.717, 1.165) is 16.7 Å². The molecule has 2 aliphatic carbocycles. The summed E-state index contributed by atoms with van der Waals surface area (Å²) in [5, 5.41) is 4.07. The highest BCUT2D eigenvalue weighted by atomic mass is 31.0. The maximum atomic E-state index is 5.13. The summed E-state index contributed by atoms with van der Waals surface area (Å²) in [6, 6.07) is 6.76. The van der Waals surface area contributed by atoms with E-state index in [9.17, 15) is 0 Å². The van der Waals surface area contributed by atoms with Crippen LogP contribution in [0, 0.1) is 6.92 Å². The molecule has 1 unspecified atom stereocenters. The molecule has 2 aliphatic rings. The maximum Gasteiger partial charge on any atom is 0.0973 e. The van der Waals surface area contributed by atoms with Crippen molar-refractivity contribution in [2.75, 3.05) is 0 Å². The molecule has 1 aromatic carbocycles. The van der Waals surface area contributed by atoms with Gasteiger partial charge < -0.3 is 0 Å². The van der Waals surface area contributed by atoms with Gasteiger partial charge in [-0.2, -0.15) is 0 Å². The van der Waals surface area contributed by atoms with E-state index in [0.29, 0.717) is 11.8 Å². The molecule has 4 heteroatoms. The number of aromatic nitrogens is 2. The number of aryl methyl sites for hydroxylation is 1. The van der Waals surface area contributed by atoms with Crippen LogP contribution in [-0.2, 0) is 0 Å². The topological polar surface area (TPSA) is 25.8 Å². The van der Waals surface area contributed by atoms with Gasteiger partial charge in [0.25, 0.3) is 0 Å². The summed E-state index contributed by atoms with van der Waals surface area (Å²) in [4.78, 5) is 9.91. The normalized spacial score (nSPS) is 18.8. The van der Waals surface area contributed by atoms with Crippen LogP contribution in [0.2, 0.25) is 0 Å². The van der Waals surface area contributed by atoms with Gasteiger partial charge in [-0.15, -0.1) is 9.24 Å². The van der Waals surface area contributed by atoms with Crippen molar-refractivity contribution >= 4 is 44.8 Å². The Labute approximate surface area is 179 Å². The average Bonchev–Trinajstić information content (AvgIpc) is 2.75. The fourth-order valence-corrected chi connectivity index (χ4v) is 6.17. The Hall–Kier alpha value is -1.47. The van der Waals surface area contributed by atoms with Crippen molar-refractivity contribution in [1.29, 1.82) is 0 Å². The molecule has 3 aromatic rings. The van der Waals surface area contributed by atoms with E-state index in [1.54, 1.807) is 11.1 Å². The van der Waals surface area contributed by atoms with Gasteiger partial charge >= 0.3 is 0 Å². The largest absolute Gasteiger partial charge is 0.254 e. The van der Waals surface area contributed by atoms with Crippen LogP contribution in [0.3, 0.4) is 0 Å². The third-order valence-corrected chi connectivity index (χ3v) is 7.92. The molecule has 0 amide bonds. The summed E-state index contributed by atoms with van der Waals surface area (Å²) in [5.74, 6) is 1.35. The quantitative estimate of drug-likeness (QED) is 0.286. The Morgan fingerprint density at radius 2 is 1.55 bits per heavy atom. The van der Waals surface area contributed by atoms with E-state index in [2.05, 4.69) is 34.4 Å². The highest BCUT2D eigenvalue weighted by molar-refractivity contribution is 7.27. The summed E-state index contributed by atoms with van der Waals surface area (Å²) in [6.45, 7) is 2.18. The third-order valence-electron chi connectivity index (χ3n) is 7.19. The molecule has 3 radical (unpaired) electrons. The zero-order chi connectivity index (χ0) is 19.1. The molecule has 149 valence electrons. The number of rotatable bonds is 2. The zero-order valence-corrected chi connectivity index (χ0v) is 18.7. The van der Waals surface area contributed by atoms with E-state index in [-0.39, 0.29) is 8.41 Å². The fourth-order valence-electron chi connectivity index (χ4n) is 5.73. The first kappa shape index (κ1) is 20.8. The second-order valence-electron chi connectivity index (χ2n) is 8.96. The molecular weight excluding hydrogens is 370 g/mol. The van der Waals surface area contributed by atoms with Crippen molar-refractivity contribution in [2.24, 2.45) is 0 Å². The molecule has 29 heavy (non-hydrogen) atoms. The molecule has 0 bridgehead atoms. The SMILES string of the molecule is Cc1nc2c(c(C3CCCCC3)cc3cccnc32)c(C2CCCCC2)c1P.[B]. The van der Waals surface area contributed by atoms with E-state index in [1.165, 1.54) is 80.3 Å². The highest BCUT2D eigenvalue weighted by Gasteiger charge is 2.27. The lowest BCUT2D eigenvalue weighted by Crippen LogP contribution is -2.18. The van der Waals surface area contributed by atoms with Crippen LogP contribution in [0.25, 0.3) is 21.8 Å². The number of pyridine rings is 2. The molecule has 0 saturated heterocycles. The van der Waals surface area contributed by atoms with Crippen LogP contribution in [0.5, 0.6) is 0 Å². The minimum Gasteiger partial charge on any atom is -0.254 e. The second-order valence-corrected chi connectivity index (χ2v) is 9.54. The number of fused-ring (bicyclic) bond motifs is 3. The van der Waals surface area contributed by atoms with Crippen molar-refractivity contribution in [1.82, 2.24) is 9.97 Å². The lowest BCUT2D eigenvalue weighted by Gasteiger charge is -2.30. The first-order valence-electron chi connectivity index (χ1n) is 11.2. The van der Waals surface area contributed by atoms with Crippen LogP contribution in [0.4, 0.5) is 0 Å². The zero-order valence-electron chi connectivity index (χ0n) is 17.6. The number of hydrogen-bond donors (Lipinski definition) is 0. The first-order valence-corrected chi connectivity index (χ1v) is 11.8. The van der Waals surface area contributed by atoms with E-state index in [4.69, 9.17) is 9.97 Å². The summed E-state index contributed by atoms with van der Waals surface area (Å²) < 4.78 is 0. The molecule has 2 fully saturated rings. The lowest BCUT2D eigenvalue weighted by atomic mass is 9.77. The molecule has 2 nitrogen and oxygen atoms in total. The Morgan fingerprint density at radius 3 is 2.24 bits per heavy atom. The van der Waals surface area contributed by atoms with Gasteiger partial charge in [0.15, 0.2) is 0 Å². The van der Waals surface area contributed by atoms with E-state index >= 15 is 0 Å². The van der Waals surface area contributed by atoms with Crippen LogP contribution in [0.1, 0.15) is 92.9 Å². The maximum absolute atomic E-state index is 5.13. The Kier molecular flexibility index (Phi) is 6.25. The summed E-state index contributed by atoms with van der Waals surface area (Å²) in [5.41, 5.74) is 6.54. The Balaban J connectivity index is 0.00000205.